The van der Waals surface area contributed by atoms with Crippen LogP contribution in [-0.2, 0) is 6.54 Å². The van der Waals surface area contributed by atoms with Crippen LogP contribution in [0.4, 0.5) is 0 Å². The Kier molecular flexibility index (Phi) is 4.70. The van der Waals surface area contributed by atoms with Crippen LogP contribution in [0.25, 0.3) is 0 Å². The quantitative estimate of drug-likeness (QED) is 0.616. The molecule has 19 heavy (non-hydrogen) atoms. The maximum Gasteiger partial charge on any atom is 0.164 e. The number of carbonyl (C=O) groups excluding carboxylic acids is 1. The maximum atomic E-state index is 11.9. The van der Waals surface area contributed by atoms with Crippen LogP contribution >= 0.6 is 0 Å². The van der Waals surface area contributed by atoms with Crippen molar-refractivity contribution in [2.24, 2.45) is 0 Å². The highest BCUT2D eigenvalue weighted by molar-refractivity contribution is 5.96. The van der Waals surface area contributed by atoms with Gasteiger partial charge in [0, 0.05) is 25.1 Å². The zero-order valence-electron chi connectivity index (χ0n) is 10.7. The Morgan fingerprint density at radius 2 is 1.84 bits per heavy atom. The van der Waals surface area contributed by atoms with E-state index in [1.54, 1.807) is 18.2 Å². The van der Waals surface area contributed by atoms with Crippen molar-refractivity contribution < 1.29 is 9.90 Å². The van der Waals surface area contributed by atoms with E-state index in [9.17, 15) is 9.90 Å². The van der Waals surface area contributed by atoms with Crippen LogP contribution in [0.5, 0.6) is 5.75 Å². The van der Waals surface area contributed by atoms with Crippen LogP contribution in [0.1, 0.15) is 22.3 Å². The van der Waals surface area contributed by atoms with E-state index in [1.165, 1.54) is 11.6 Å². The Morgan fingerprint density at radius 3 is 2.58 bits per heavy atom. The van der Waals surface area contributed by atoms with Crippen LogP contribution in [0.2, 0.25) is 0 Å². The van der Waals surface area contributed by atoms with Crippen molar-refractivity contribution in [1.82, 2.24) is 5.32 Å². The van der Waals surface area contributed by atoms with E-state index in [0.29, 0.717) is 18.5 Å². The fraction of sp³-hybridized carbons (Fsp3) is 0.188. The number of nitrogens with one attached hydrogen (secondary N) is 1. The summed E-state index contributed by atoms with van der Waals surface area (Å²) < 4.78 is 0. The molecule has 98 valence electrons. The molecule has 0 aliphatic carbocycles. The standard InChI is InChI=1S/C16H17NO2/c18-15-8-4-7-14(11-15)16(19)9-10-17-12-13-5-2-1-3-6-13/h1-8,11,17-18H,9-10,12H2. The second-order valence-electron chi connectivity index (χ2n) is 4.39. The van der Waals surface area contributed by atoms with Gasteiger partial charge in [0.25, 0.3) is 0 Å². The maximum absolute atomic E-state index is 11.9. The summed E-state index contributed by atoms with van der Waals surface area (Å²) in [6.07, 6.45) is 0.427. The summed E-state index contributed by atoms with van der Waals surface area (Å²) in [5.41, 5.74) is 1.76. The zero-order valence-corrected chi connectivity index (χ0v) is 10.7. The summed E-state index contributed by atoms with van der Waals surface area (Å²) in [5, 5.41) is 12.5. The number of hydrogen-bond donors (Lipinski definition) is 2. The third-order valence-electron chi connectivity index (χ3n) is 2.87. The predicted molar refractivity (Wildman–Crippen MR) is 75.2 cm³/mol. The van der Waals surface area contributed by atoms with Gasteiger partial charge in [-0.25, -0.2) is 0 Å². The minimum atomic E-state index is 0.0384. The van der Waals surface area contributed by atoms with Gasteiger partial charge in [-0.05, 0) is 17.7 Å². The number of aromatic hydroxyl groups is 1. The molecular formula is C16H17NO2. The molecule has 3 nitrogen and oxygen atoms in total. The van der Waals surface area contributed by atoms with Gasteiger partial charge in [-0.1, -0.05) is 42.5 Å². The van der Waals surface area contributed by atoms with Crippen molar-refractivity contribution >= 4 is 5.78 Å². The van der Waals surface area contributed by atoms with E-state index in [0.717, 1.165) is 6.54 Å². The lowest BCUT2D eigenvalue weighted by molar-refractivity contribution is 0.0982. The Hall–Kier alpha value is -2.13. The first-order valence-electron chi connectivity index (χ1n) is 6.32. The van der Waals surface area contributed by atoms with Crippen molar-refractivity contribution in [1.29, 1.82) is 0 Å². The van der Waals surface area contributed by atoms with Crippen LogP contribution < -0.4 is 5.32 Å². The number of rotatable bonds is 6. The normalized spacial score (nSPS) is 10.3. The minimum Gasteiger partial charge on any atom is -0.508 e. The van der Waals surface area contributed by atoms with E-state index >= 15 is 0 Å². The topological polar surface area (TPSA) is 49.3 Å². The molecule has 3 heteroatoms. The number of carbonyl (C=O) groups is 1. The molecule has 0 aromatic heterocycles. The lowest BCUT2D eigenvalue weighted by Crippen LogP contribution is -2.17. The molecule has 0 amide bonds. The third-order valence-corrected chi connectivity index (χ3v) is 2.87. The number of ketones is 1. The van der Waals surface area contributed by atoms with Crippen molar-refractivity contribution in [3.63, 3.8) is 0 Å². The second kappa shape index (κ2) is 6.71. The molecular weight excluding hydrogens is 238 g/mol. The molecule has 0 saturated carbocycles. The average Bonchev–Trinajstić information content (AvgIpc) is 2.44. The largest absolute Gasteiger partial charge is 0.508 e. The van der Waals surface area contributed by atoms with Crippen LogP contribution in [0.15, 0.2) is 54.6 Å². The number of phenolic OH excluding ortho intramolecular Hbond substituents is 1. The number of hydrogen-bond acceptors (Lipinski definition) is 3. The summed E-state index contributed by atoms with van der Waals surface area (Å²) in [5.74, 6) is 0.166. The van der Waals surface area contributed by atoms with Gasteiger partial charge in [-0.15, -0.1) is 0 Å². The first-order valence-corrected chi connectivity index (χ1v) is 6.32. The molecule has 2 aromatic rings. The fourth-order valence-electron chi connectivity index (χ4n) is 1.85. The molecule has 0 bridgehead atoms. The Morgan fingerprint density at radius 1 is 1.05 bits per heavy atom. The van der Waals surface area contributed by atoms with Gasteiger partial charge >= 0.3 is 0 Å². The third kappa shape index (κ3) is 4.23. The summed E-state index contributed by atoms with van der Waals surface area (Å²) in [6.45, 7) is 1.39. The minimum absolute atomic E-state index is 0.0384. The Bertz CT molecular complexity index is 537. The van der Waals surface area contributed by atoms with Gasteiger partial charge in [0.15, 0.2) is 5.78 Å². The predicted octanol–water partition coefficient (Wildman–Crippen LogP) is 2.75. The SMILES string of the molecule is O=C(CCNCc1ccccc1)c1cccc(O)c1. The van der Waals surface area contributed by atoms with Gasteiger partial charge < -0.3 is 10.4 Å². The summed E-state index contributed by atoms with van der Waals surface area (Å²) in [7, 11) is 0. The van der Waals surface area contributed by atoms with Crippen molar-refractivity contribution in [3.05, 3.63) is 65.7 Å². The summed E-state index contributed by atoms with van der Waals surface area (Å²) in [4.78, 5) is 11.9. The lowest BCUT2D eigenvalue weighted by atomic mass is 10.1. The highest BCUT2D eigenvalue weighted by Crippen LogP contribution is 2.12. The van der Waals surface area contributed by atoms with E-state index in [4.69, 9.17) is 0 Å². The molecule has 0 heterocycles. The smallest absolute Gasteiger partial charge is 0.164 e. The van der Waals surface area contributed by atoms with E-state index in [2.05, 4.69) is 5.32 Å². The molecule has 2 N–H and O–H groups in total. The average molecular weight is 255 g/mol. The molecule has 0 radical (unpaired) electrons. The molecule has 0 unspecified atom stereocenters. The molecule has 2 rings (SSSR count). The van der Waals surface area contributed by atoms with Crippen LogP contribution in [0.3, 0.4) is 0 Å². The van der Waals surface area contributed by atoms with Gasteiger partial charge in [-0.3, -0.25) is 4.79 Å². The van der Waals surface area contributed by atoms with Gasteiger partial charge in [0.05, 0.1) is 0 Å². The van der Waals surface area contributed by atoms with Gasteiger partial charge in [0.2, 0.25) is 0 Å². The zero-order chi connectivity index (χ0) is 13.5. The summed E-state index contributed by atoms with van der Waals surface area (Å²) in [6, 6.07) is 16.5. The van der Waals surface area contributed by atoms with E-state index < -0.39 is 0 Å². The fourth-order valence-corrected chi connectivity index (χ4v) is 1.85. The molecule has 0 atom stereocenters. The van der Waals surface area contributed by atoms with Crippen molar-refractivity contribution in [3.8, 4) is 5.75 Å². The van der Waals surface area contributed by atoms with Crippen molar-refractivity contribution in [2.75, 3.05) is 6.54 Å². The highest BCUT2D eigenvalue weighted by atomic mass is 16.3. The van der Waals surface area contributed by atoms with Gasteiger partial charge in [0.1, 0.15) is 5.75 Å². The Balaban J connectivity index is 1.75. The second-order valence-corrected chi connectivity index (χ2v) is 4.39. The van der Waals surface area contributed by atoms with E-state index in [1.807, 2.05) is 30.3 Å². The Labute approximate surface area is 112 Å². The monoisotopic (exact) mass is 255 g/mol. The van der Waals surface area contributed by atoms with E-state index in [-0.39, 0.29) is 11.5 Å². The lowest BCUT2D eigenvalue weighted by Gasteiger charge is -2.05. The molecule has 0 aliphatic rings. The van der Waals surface area contributed by atoms with Crippen LogP contribution in [-0.4, -0.2) is 17.4 Å². The first kappa shape index (κ1) is 13.3. The van der Waals surface area contributed by atoms with Crippen molar-refractivity contribution in [2.45, 2.75) is 13.0 Å². The molecule has 0 spiro atoms. The number of phenols is 1. The highest BCUT2D eigenvalue weighted by Gasteiger charge is 2.05. The first-order chi connectivity index (χ1) is 9.25. The summed E-state index contributed by atoms with van der Waals surface area (Å²) >= 11 is 0. The van der Waals surface area contributed by atoms with Gasteiger partial charge in [-0.2, -0.15) is 0 Å². The van der Waals surface area contributed by atoms with Crippen LogP contribution in [0, 0.1) is 0 Å². The molecule has 0 saturated heterocycles. The molecule has 2 aromatic carbocycles. The molecule has 0 fully saturated rings. The number of Topliss-reactive ketones (excluding diaryl/α,β-unsaturated/α-hetero) is 1. The number of benzene rings is 2. The molecule has 0 aliphatic heterocycles.